The highest BCUT2D eigenvalue weighted by atomic mass is 35.5. The summed E-state index contributed by atoms with van der Waals surface area (Å²) in [7, 11) is -0.188. The van der Waals surface area contributed by atoms with Crippen molar-refractivity contribution in [3.05, 3.63) is 35.8 Å². The number of aryl methyl sites for hydroxylation is 1. The molecular formula is C8H10ClNO2S. The zero-order valence-electron chi connectivity index (χ0n) is 7.12. The molecule has 1 aromatic carbocycles. The van der Waals surface area contributed by atoms with Gasteiger partial charge in [0, 0.05) is 0 Å². The van der Waals surface area contributed by atoms with Crippen molar-refractivity contribution in [1.29, 1.82) is 0 Å². The van der Waals surface area contributed by atoms with Gasteiger partial charge in [0.25, 0.3) is 0 Å². The smallest absolute Gasteiger partial charge is 0.301 e. The molecule has 0 radical (unpaired) electrons. The molecule has 0 unspecified atom stereocenters. The average Bonchev–Trinajstić information content (AvgIpc) is 2.03. The molecule has 0 bridgehead atoms. The summed E-state index contributed by atoms with van der Waals surface area (Å²) in [5.74, 6) is 0. The summed E-state index contributed by atoms with van der Waals surface area (Å²) in [6.07, 6.45) is 0. The van der Waals surface area contributed by atoms with Gasteiger partial charge in [0.1, 0.15) is 4.90 Å². The molecule has 0 amide bonds. The van der Waals surface area contributed by atoms with E-state index in [1.54, 1.807) is 12.1 Å². The summed E-state index contributed by atoms with van der Waals surface area (Å²) in [5.41, 5.74) is 0.924. The molecule has 1 aromatic rings. The van der Waals surface area contributed by atoms with E-state index >= 15 is 0 Å². The Morgan fingerprint density at radius 1 is 1.46 bits per heavy atom. The molecule has 0 saturated carbocycles. The highest BCUT2D eigenvalue weighted by molar-refractivity contribution is 7.85. The summed E-state index contributed by atoms with van der Waals surface area (Å²) in [4.78, 5) is 0.106. The third-order valence-corrected chi connectivity index (χ3v) is 3.45. The first kappa shape index (κ1) is 10.5. The Morgan fingerprint density at radius 2 is 2.08 bits per heavy atom. The molecule has 0 heterocycles. The van der Waals surface area contributed by atoms with Gasteiger partial charge in [0.15, 0.2) is 0 Å². The van der Waals surface area contributed by atoms with E-state index in [0.717, 1.165) is 10.3 Å². The van der Waals surface area contributed by atoms with Crippen LogP contribution in [0.15, 0.2) is 23.1 Å². The van der Waals surface area contributed by atoms with Crippen molar-refractivity contribution < 1.29 is 13.1 Å². The third-order valence-electron chi connectivity index (χ3n) is 1.61. The molecule has 3 nitrogen and oxygen atoms in total. The van der Waals surface area contributed by atoms with Crippen LogP contribution in [0, 0.1) is 14.0 Å². The molecule has 5 heteroatoms. The van der Waals surface area contributed by atoms with Crippen LogP contribution < -0.4 is 4.72 Å². The van der Waals surface area contributed by atoms with E-state index in [1.165, 1.54) is 6.07 Å². The lowest BCUT2D eigenvalue weighted by Crippen LogP contribution is -2.80. The summed E-state index contributed by atoms with van der Waals surface area (Å²) in [5, 5.41) is 0.236. The molecule has 2 N–H and O–H groups in total. The highest BCUT2D eigenvalue weighted by Crippen LogP contribution is 2.20. The standard InChI is InChI=1S/C8H10ClNO2S/c1-6-3-4-8(7(9)5-6)13(11,12)10-2/h3-5H,2,10H2,1H3. The van der Waals surface area contributed by atoms with Crippen LogP contribution in [0.4, 0.5) is 0 Å². The predicted octanol–water partition coefficient (Wildman–Crippen LogP) is 0.692. The Bertz CT molecular complexity index is 414. The fourth-order valence-electron chi connectivity index (χ4n) is 0.926. The van der Waals surface area contributed by atoms with Gasteiger partial charge < -0.3 is 4.72 Å². The maximum atomic E-state index is 11.3. The molecule has 0 aliphatic rings. The Hall–Kier alpha value is -0.580. The molecule has 0 aliphatic heterocycles. The van der Waals surface area contributed by atoms with Crippen LogP contribution >= 0.6 is 11.6 Å². The molecule has 0 aromatic heterocycles. The van der Waals surface area contributed by atoms with Crippen LogP contribution in [0.2, 0.25) is 5.02 Å². The second-order valence-corrected chi connectivity index (χ2v) is 4.92. The van der Waals surface area contributed by atoms with Crippen molar-refractivity contribution in [2.45, 2.75) is 11.8 Å². The predicted molar refractivity (Wildman–Crippen MR) is 50.7 cm³/mol. The van der Waals surface area contributed by atoms with E-state index in [0.29, 0.717) is 0 Å². The van der Waals surface area contributed by atoms with Gasteiger partial charge in [-0.3, -0.25) is 0 Å². The summed E-state index contributed by atoms with van der Waals surface area (Å²) in [6, 6.07) is 4.79. The normalized spacial score (nSPS) is 11.6. The Morgan fingerprint density at radius 3 is 2.54 bits per heavy atom. The number of nitrogens with two attached hydrogens (primary N) is 1. The maximum Gasteiger partial charge on any atom is 0.301 e. The number of primary sulfonamides is 1. The van der Waals surface area contributed by atoms with Crippen LogP contribution in [0.5, 0.6) is 0 Å². The van der Waals surface area contributed by atoms with Crippen LogP contribution in [-0.2, 0) is 10.0 Å². The minimum atomic E-state index is -3.41. The quantitative estimate of drug-likeness (QED) is 0.745. The van der Waals surface area contributed by atoms with Crippen LogP contribution in [0.1, 0.15) is 5.56 Å². The second-order valence-electron chi connectivity index (χ2n) is 2.65. The summed E-state index contributed by atoms with van der Waals surface area (Å²) in [6.45, 7) is 1.84. The van der Waals surface area contributed by atoms with Crippen molar-refractivity contribution in [2.24, 2.45) is 0 Å². The molecule has 0 aliphatic carbocycles. The molecular weight excluding hydrogens is 210 g/mol. The fourth-order valence-corrected chi connectivity index (χ4v) is 2.25. The summed E-state index contributed by atoms with van der Waals surface area (Å²) < 4.78 is 23.6. The average molecular weight is 220 g/mol. The van der Waals surface area contributed by atoms with Gasteiger partial charge >= 0.3 is 10.0 Å². The van der Waals surface area contributed by atoms with Gasteiger partial charge in [-0.05, 0) is 24.6 Å². The molecule has 0 saturated heterocycles. The monoisotopic (exact) mass is 219 g/mol. The zero-order chi connectivity index (χ0) is 10.1. The van der Waals surface area contributed by atoms with E-state index in [-0.39, 0.29) is 9.92 Å². The van der Waals surface area contributed by atoms with Gasteiger partial charge in [-0.1, -0.05) is 17.7 Å². The van der Waals surface area contributed by atoms with E-state index in [1.807, 2.05) is 6.92 Å². The minimum Gasteiger partial charge on any atom is -0.367 e. The summed E-state index contributed by atoms with van der Waals surface area (Å²) >= 11 is 5.77. The number of sulfonamides is 1. The van der Waals surface area contributed by atoms with Gasteiger partial charge in [-0.25, -0.2) is 0 Å². The molecule has 0 fully saturated rings. The number of hydrogen-bond acceptors (Lipinski definition) is 2. The number of quaternary nitrogens is 1. The lowest BCUT2D eigenvalue weighted by Gasteiger charge is -2.05. The lowest BCUT2D eigenvalue weighted by atomic mass is 10.2. The fraction of sp³-hybridized carbons (Fsp3) is 0.125. The third kappa shape index (κ3) is 2.21. The number of halogens is 1. The first-order valence-electron chi connectivity index (χ1n) is 3.61. The number of hydrogen-bond donors (Lipinski definition) is 1. The van der Waals surface area contributed by atoms with Gasteiger partial charge in [0.05, 0.1) is 5.02 Å². The highest BCUT2D eigenvalue weighted by Gasteiger charge is 2.16. The number of rotatable bonds is 2. The van der Waals surface area contributed by atoms with E-state index in [2.05, 4.69) is 7.05 Å². The molecule has 13 heavy (non-hydrogen) atoms. The first-order chi connectivity index (χ1) is 5.97. The molecule has 0 spiro atoms. The molecule has 0 atom stereocenters. The SMILES string of the molecule is [CH2-][NH2+]S(=O)(=O)c1ccc(C)cc1Cl. The van der Waals surface area contributed by atoms with E-state index in [4.69, 9.17) is 11.6 Å². The largest absolute Gasteiger partial charge is 0.367 e. The Labute approximate surface area is 82.8 Å². The van der Waals surface area contributed by atoms with Gasteiger partial charge in [-0.15, -0.1) is 7.05 Å². The van der Waals surface area contributed by atoms with Gasteiger partial charge in [0.2, 0.25) is 0 Å². The minimum absolute atomic E-state index is 0.106. The van der Waals surface area contributed by atoms with Crippen molar-refractivity contribution in [3.63, 3.8) is 0 Å². The van der Waals surface area contributed by atoms with Crippen LogP contribution in [0.3, 0.4) is 0 Å². The molecule has 72 valence electrons. The van der Waals surface area contributed by atoms with Crippen LogP contribution in [0.25, 0.3) is 0 Å². The van der Waals surface area contributed by atoms with Crippen molar-refractivity contribution in [3.8, 4) is 0 Å². The topological polar surface area (TPSA) is 50.8 Å². The zero-order valence-corrected chi connectivity index (χ0v) is 8.69. The maximum absolute atomic E-state index is 11.3. The lowest BCUT2D eigenvalue weighted by molar-refractivity contribution is -0.424. The first-order valence-corrected chi connectivity index (χ1v) is 5.53. The van der Waals surface area contributed by atoms with Crippen molar-refractivity contribution >= 4 is 21.6 Å². The number of benzene rings is 1. The van der Waals surface area contributed by atoms with Gasteiger partial charge in [-0.2, -0.15) is 8.42 Å². The van der Waals surface area contributed by atoms with E-state index in [9.17, 15) is 8.42 Å². The molecule has 1 rings (SSSR count). The van der Waals surface area contributed by atoms with E-state index < -0.39 is 10.0 Å². The van der Waals surface area contributed by atoms with Crippen molar-refractivity contribution in [2.75, 3.05) is 0 Å². The Balaban J connectivity index is 3.33. The van der Waals surface area contributed by atoms with Crippen molar-refractivity contribution in [1.82, 2.24) is 0 Å². The second kappa shape index (κ2) is 3.65. The van der Waals surface area contributed by atoms with Crippen LogP contribution in [-0.4, -0.2) is 8.42 Å². The Kier molecular flexibility index (Phi) is 2.95.